The van der Waals surface area contributed by atoms with Crippen LogP contribution in [0.2, 0.25) is 0 Å². The van der Waals surface area contributed by atoms with Gasteiger partial charge in [-0.25, -0.2) is 0 Å². The maximum absolute atomic E-state index is 10.7. The highest BCUT2D eigenvalue weighted by molar-refractivity contribution is 6.63. The molecule has 88 valence electrons. The van der Waals surface area contributed by atoms with E-state index in [1.54, 1.807) is 0 Å². The third-order valence-corrected chi connectivity index (χ3v) is 3.23. The van der Waals surface area contributed by atoms with Crippen LogP contribution in [0.15, 0.2) is 18.2 Å². The Labute approximate surface area is 103 Å². The summed E-state index contributed by atoms with van der Waals surface area (Å²) in [6.07, 6.45) is 2.37. The van der Waals surface area contributed by atoms with Gasteiger partial charge in [0.25, 0.3) is 0 Å². The summed E-state index contributed by atoms with van der Waals surface area (Å²) in [6.45, 7) is 6.51. The van der Waals surface area contributed by atoms with Crippen LogP contribution in [0.25, 0.3) is 0 Å². The first-order valence-corrected chi connectivity index (χ1v) is 6.14. The zero-order chi connectivity index (χ0) is 12.1. The molecule has 0 aliphatic carbocycles. The molecular weight excluding hydrogens is 220 g/mol. The largest absolute Gasteiger partial charge is 0.281 e. The molecule has 1 aromatic carbocycles. The third kappa shape index (κ3) is 3.64. The number of hydrogen-bond donors (Lipinski definition) is 0. The molecule has 1 unspecified atom stereocenters. The van der Waals surface area contributed by atoms with E-state index in [0.717, 1.165) is 12.8 Å². The van der Waals surface area contributed by atoms with Gasteiger partial charge in [-0.1, -0.05) is 25.1 Å². The molecule has 1 nitrogen and oxygen atoms in total. The lowest BCUT2D eigenvalue weighted by atomic mass is 9.89. The van der Waals surface area contributed by atoms with Gasteiger partial charge in [-0.2, -0.15) is 0 Å². The van der Waals surface area contributed by atoms with Crippen molar-refractivity contribution < 1.29 is 4.79 Å². The number of carbonyl (C=O) groups excluding carboxylic acids is 1. The van der Waals surface area contributed by atoms with Gasteiger partial charge in [-0.05, 0) is 60.9 Å². The summed E-state index contributed by atoms with van der Waals surface area (Å²) in [7, 11) is 0. The van der Waals surface area contributed by atoms with E-state index in [9.17, 15) is 4.79 Å². The molecule has 0 aliphatic rings. The summed E-state index contributed by atoms with van der Waals surface area (Å²) in [5.41, 5.74) is 4.10. The Kier molecular flexibility index (Phi) is 5.01. The topological polar surface area (TPSA) is 17.1 Å². The fraction of sp³-hybridized carbons (Fsp3) is 0.500. The predicted octanol–water partition coefficient (Wildman–Crippen LogP) is 4.34. The third-order valence-electron chi connectivity index (χ3n) is 3.05. The molecule has 0 spiro atoms. The van der Waals surface area contributed by atoms with Crippen molar-refractivity contribution in [3.63, 3.8) is 0 Å². The molecule has 16 heavy (non-hydrogen) atoms. The SMILES string of the molecule is Cc1cccc(C)c1C(C)CCCC(=O)Cl. The molecule has 0 radical (unpaired) electrons. The smallest absolute Gasteiger partial charge is 0.221 e. The molecule has 0 aromatic heterocycles. The van der Waals surface area contributed by atoms with Crippen LogP contribution >= 0.6 is 11.6 Å². The summed E-state index contributed by atoms with van der Waals surface area (Å²) in [5.74, 6) is 0.497. The Balaban J connectivity index is 2.65. The van der Waals surface area contributed by atoms with E-state index in [-0.39, 0.29) is 5.24 Å². The summed E-state index contributed by atoms with van der Waals surface area (Å²) >= 11 is 5.33. The second kappa shape index (κ2) is 6.05. The van der Waals surface area contributed by atoms with Crippen molar-refractivity contribution >= 4 is 16.8 Å². The number of benzene rings is 1. The predicted molar refractivity (Wildman–Crippen MR) is 69.0 cm³/mol. The summed E-state index contributed by atoms with van der Waals surface area (Å²) in [6, 6.07) is 6.38. The fourth-order valence-electron chi connectivity index (χ4n) is 2.30. The van der Waals surface area contributed by atoms with Gasteiger partial charge in [0.15, 0.2) is 0 Å². The van der Waals surface area contributed by atoms with Gasteiger partial charge in [-0.3, -0.25) is 4.79 Å². The number of aryl methyl sites for hydroxylation is 2. The Morgan fingerprint density at radius 2 is 1.88 bits per heavy atom. The molecule has 0 fully saturated rings. The summed E-state index contributed by atoms with van der Waals surface area (Å²) in [4.78, 5) is 10.7. The highest BCUT2D eigenvalue weighted by Crippen LogP contribution is 2.27. The molecule has 1 aromatic rings. The first kappa shape index (κ1) is 13.2. The molecule has 0 bridgehead atoms. The van der Waals surface area contributed by atoms with E-state index in [2.05, 4.69) is 39.0 Å². The molecule has 0 aliphatic heterocycles. The van der Waals surface area contributed by atoms with Gasteiger partial charge in [0, 0.05) is 6.42 Å². The molecule has 0 heterocycles. The van der Waals surface area contributed by atoms with Crippen LogP contribution in [0.3, 0.4) is 0 Å². The highest BCUT2D eigenvalue weighted by Gasteiger charge is 2.11. The van der Waals surface area contributed by atoms with Gasteiger partial charge in [0.1, 0.15) is 0 Å². The van der Waals surface area contributed by atoms with Crippen LogP contribution in [0.1, 0.15) is 48.8 Å². The molecule has 1 atom stereocenters. The average molecular weight is 239 g/mol. The van der Waals surface area contributed by atoms with E-state index < -0.39 is 0 Å². The van der Waals surface area contributed by atoms with Gasteiger partial charge in [0.05, 0.1) is 0 Å². The number of rotatable bonds is 5. The van der Waals surface area contributed by atoms with Crippen LogP contribution < -0.4 is 0 Å². The van der Waals surface area contributed by atoms with Crippen molar-refractivity contribution in [1.29, 1.82) is 0 Å². The fourth-order valence-corrected chi connectivity index (χ4v) is 2.43. The quantitative estimate of drug-likeness (QED) is 0.698. The van der Waals surface area contributed by atoms with Crippen LogP contribution in [0, 0.1) is 13.8 Å². The lowest BCUT2D eigenvalue weighted by Gasteiger charge is -2.17. The normalized spacial score (nSPS) is 12.5. The van der Waals surface area contributed by atoms with Crippen molar-refractivity contribution in [3.8, 4) is 0 Å². The second-order valence-electron chi connectivity index (χ2n) is 4.45. The summed E-state index contributed by atoms with van der Waals surface area (Å²) < 4.78 is 0. The zero-order valence-corrected chi connectivity index (χ0v) is 11.0. The minimum absolute atomic E-state index is 0.228. The van der Waals surface area contributed by atoms with Crippen molar-refractivity contribution in [2.75, 3.05) is 0 Å². The number of hydrogen-bond acceptors (Lipinski definition) is 1. The first-order valence-electron chi connectivity index (χ1n) is 5.76. The standard InChI is InChI=1S/C14H19ClO/c1-10-6-4-7-11(2)14(10)12(3)8-5-9-13(15)16/h4,6-7,12H,5,8-9H2,1-3H3. The zero-order valence-electron chi connectivity index (χ0n) is 10.2. The number of carbonyl (C=O) groups is 1. The maximum Gasteiger partial charge on any atom is 0.221 e. The van der Waals surface area contributed by atoms with Crippen LogP contribution in [0.4, 0.5) is 0 Å². The van der Waals surface area contributed by atoms with E-state index >= 15 is 0 Å². The Morgan fingerprint density at radius 3 is 2.38 bits per heavy atom. The van der Waals surface area contributed by atoms with Gasteiger partial charge < -0.3 is 0 Å². The molecule has 0 N–H and O–H groups in total. The average Bonchev–Trinajstić information content (AvgIpc) is 2.16. The van der Waals surface area contributed by atoms with Crippen LogP contribution in [-0.2, 0) is 4.79 Å². The van der Waals surface area contributed by atoms with Gasteiger partial charge >= 0.3 is 0 Å². The minimum atomic E-state index is -0.228. The van der Waals surface area contributed by atoms with Gasteiger partial charge in [0.2, 0.25) is 5.24 Å². The molecular formula is C14H19ClO. The van der Waals surface area contributed by atoms with Crippen LogP contribution in [-0.4, -0.2) is 5.24 Å². The van der Waals surface area contributed by atoms with Crippen molar-refractivity contribution in [1.82, 2.24) is 0 Å². The molecule has 0 saturated carbocycles. The molecule has 0 saturated heterocycles. The van der Waals surface area contributed by atoms with E-state index in [1.165, 1.54) is 16.7 Å². The van der Waals surface area contributed by atoms with E-state index in [0.29, 0.717) is 12.3 Å². The van der Waals surface area contributed by atoms with Crippen LogP contribution in [0.5, 0.6) is 0 Å². The van der Waals surface area contributed by atoms with E-state index in [1.807, 2.05) is 0 Å². The first-order chi connectivity index (χ1) is 7.52. The summed E-state index contributed by atoms with van der Waals surface area (Å²) in [5, 5.41) is -0.228. The van der Waals surface area contributed by atoms with E-state index in [4.69, 9.17) is 11.6 Å². The maximum atomic E-state index is 10.7. The lowest BCUT2D eigenvalue weighted by molar-refractivity contribution is -0.111. The molecule has 0 amide bonds. The molecule has 2 heteroatoms. The molecule has 1 rings (SSSR count). The highest BCUT2D eigenvalue weighted by atomic mass is 35.5. The monoisotopic (exact) mass is 238 g/mol. The lowest BCUT2D eigenvalue weighted by Crippen LogP contribution is -2.00. The Bertz CT molecular complexity index is 351. The number of halogens is 1. The second-order valence-corrected chi connectivity index (χ2v) is 4.88. The Morgan fingerprint density at radius 1 is 1.31 bits per heavy atom. The minimum Gasteiger partial charge on any atom is -0.281 e. The Hall–Kier alpha value is -0.820. The van der Waals surface area contributed by atoms with Crippen molar-refractivity contribution in [2.24, 2.45) is 0 Å². The van der Waals surface area contributed by atoms with Gasteiger partial charge in [-0.15, -0.1) is 0 Å². The van der Waals surface area contributed by atoms with Crippen molar-refractivity contribution in [2.45, 2.75) is 46.0 Å². The van der Waals surface area contributed by atoms with Crippen molar-refractivity contribution in [3.05, 3.63) is 34.9 Å².